The van der Waals surface area contributed by atoms with E-state index in [0.29, 0.717) is 28.9 Å². The van der Waals surface area contributed by atoms with Crippen LogP contribution >= 0.6 is 23.2 Å². The van der Waals surface area contributed by atoms with E-state index >= 15 is 0 Å². The summed E-state index contributed by atoms with van der Waals surface area (Å²) >= 11 is 12.3. The van der Waals surface area contributed by atoms with Gasteiger partial charge in [0.2, 0.25) is 5.91 Å². The van der Waals surface area contributed by atoms with Crippen molar-refractivity contribution < 1.29 is 4.79 Å². The molecule has 3 nitrogen and oxygen atoms in total. The molecule has 1 aliphatic heterocycles. The first-order valence-electron chi connectivity index (χ1n) is 8.64. The average Bonchev–Trinajstić information content (AvgIpc) is 3.12. The minimum atomic E-state index is 0.101. The standard InChI is InChI=1S/C20H22Cl2N2O/c21-16-6-7-18(19(22)11-16)17-4-2-1-3-15(17)13-24-20(25)8-5-14-9-10-23-12-14/h1-4,6-7,11,14,23H,5,8-10,12-13H2,(H,24,25). The van der Waals surface area contributed by atoms with Crippen LogP contribution in [0.3, 0.4) is 0 Å². The van der Waals surface area contributed by atoms with Crippen LogP contribution in [-0.2, 0) is 11.3 Å². The number of hydrogen-bond acceptors (Lipinski definition) is 2. The lowest BCUT2D eigenvalue weighted by Crippen LogP contribution is -2.23. The van der Waals surface area contributed by atoms with E-state index in [1.165, 1.54) is 6.42 Å². The number of hydrogen-bond donors (Lipinski definition) is 2. The first-order chi connectivity index (χ1) is 12.1. The lowest BCUT2D eigenvalue weighted by Gasteiger charge is -2.13. The van der Waals surface area contributed by atoms with Gasteiger partial charge in [-0.1, -0.05) is 53.5 Å². The largest absolute Gasteiger partial charge is 0.352 e. The van der Waals surface area contributed by atoms with E-state index in [-0.39, 0.29) is 5.91 Å². The molecule has 1 amide bonds. The van der Waals surface area contributed by atoms with Gasteiger partial charge >= 0.3 is 0 Å². The zero-order chi connectivity index (χ0) is 17.6. The van der Waals surface area contributed by atoms with Gasteiger partial charge in [-0.2, -0.15) is 0 Å². The molecule has 5 heteroatoms. The van der Waals surface area contributed by atoms with Crippen molar-refractivity contribution >= 4 is 29.1 Å². The predicted molar refractivity (Wildman–Crippen MR) is 104 cm³/mol. The topological polar surface area (TPSA) is 41.1 Å². The number of rotatable bonds is 6. The third-order valence-corrected chi connectivity index (χ3v) is 5.20. The van der Waals surface area contributed by atoms with Gasteiger partial charge in [0.05, 0.1) is 0 Å². The molecular formula is C20H22Cl2N2O. The van der Waals surface area contributed by atoms with Gasteiger partial charge < -0.3 is 10.6 Å². The minimum Gasteiger partial charge on any atom is -0.352 e. The van der Waals surface area contributed by atoms with Crippen LogP contribution in [0.4, 0.5) is 0 Å². The molecule has 2 aromatic carbocycles. The fourth-order valence-corrected chi connectivity index (χ4v) is 3.73. The Morgan fingerprint density at radius 3 is 2.76 bits per heavy atom. The van der Waals surface area contributed by atoms with Gasteiger partial charge in [0.15, 0.2) is 0 Å². The maximum absolute atomic E-state index is 12.2. The average molecular weight is 377 g/mol. The Kier molecular flexibility index (Phi) is 6.35. The van der Waals surface area contributed by atoms with E-state index in [2.05, 4.69) is 10.6 Å². The maximum atomic E-state index is 12.2. The zero-order valence-electron chi connectivity index (χ0n) is 14.0. The van der Waals surface area contributed by atoms with E-state index in [9.17, 15) is 4.79 Å². The van der Waals surface area contributed by atoms with Gasteiger partial charge in [0.25, 0.3) is 0 Å². The molecule has 2 aromatic rings. The second kappa shape index (κ2) is 8.70. The molecule has 1 saturated heterocycles. The summed E-state index contributed by atoms with van der Waals surface area (Å²) in [4.78, 5) is 12.2. The van der Waals surface area contributed by atoms with Gasteiger partial charge in [-0.3, -0.25) is 4.79 Å². The Morgan fingerprint density at radius 1 is 1.16 bits per heavy atom. The number of benzene rings is 2. The summed E-state index contributed by atoms with van der Waals surface area (Å²) in [5.41, 5.74) is 2.99. The van der Waals surface area contributed by atoms with Gasteiger partial charge in [-0.25, -0.2) is 0 Å². The molecular weight excluding hydrogens is 355 g/mol. The van der Waals surface area contributed by atoms with E-state index in [1.807, 2.05) is 36.4 Å². The fourth-order valence-electron chi connectivity index (χ4n) is 3.22. The Morgan fingerprint density at radius 2 is 2.00 bits per heavy atom. The van der Waals surface area contributed by atoms with Gasteiger partial charge in [0.1, 0.15) is 0 Å². The molecule has 0 radical (unpaired) electrons. The third kappa shape index (κ3) is 4.97. The number of carbonyl (C=O) groups is 1. The normalized spacial score (nSPS) is 16.8. The minimum absolute atomic E-state index is 0.101. The highest BCUT2D eigenvalue weighted by Crippen LogP contribution is 2.32. The van der Waals surface area contributed by atoms with Crippen LogP contribution in [0.2, 0.25) is 10.0 Å². The number of amides is 1. The summed E-state index contributed by atoms with van der Waals surface area (Å²) in [5, 5.41) is 7.59. The van der Waals surface area contributed by atoms with Crippen molar-refractivity contribution in [1.29, 1.82) is 0 Å². The van der Waals surface area contributed by atoms with Gasteiger partial charge in [0, 0.05) is 28.6 Å². The number of halogens is 2. The van der Waals surface area contributed by atoms with Gasteiger partial charge in [-0.15, -0.1) is 0 Å². The predicted octanol–water partition coefficient (Wildman–Crippen LogP) is 4.67. The summed E-state index contributed by atoms with van der Waals surface area (Å²) in [7, 11) is 0. The number of carbonyl (C=O) groups excluding carboxylic acids is 1. The molecule has 0 saturated carbocycles. The van der Waals surface area contributed by atoms with Crippen molar-refractivity contribution in [3.63, 3.8) is 0 Å². The highest BCUT2D eigenvalue weighted by Gasteiger charge is 2.16. The molecule has 2 N–H and O–H groups in total. The molecule has 3 rings (SSSR count). The second-order valence-corrected chi connectivity index (χ2v) is 7.30. The summed E-state index contributed by atoms with van der Waals surface area (Å²) < 4.78 is 0. The Labute approximate surface area is 158 Å². The first-order valence-corrected chi connectivity index (χ1v) is 9.40. The quantitative estimate of drug-likeness (QED) is 0.768. The lowest BCUT2D eigenvalue weighted by atomic mass is 9.99. The lowest BCUT2D eigenvalue weighted by molar-refractivity contribution is -0.121. The van der Waals surface area contributed by atoms with E-state index < -0.39 is 0 Å². The molecule has 1 heterocycles. The molecule has 1 fully saturated rings. The molecule has 25 heavy (non-hydrogen) atoms. The molecule has 0 aliphatic carbocycles. The van der Waals surface area contributed by atoms with Crippen molar-refractivity contribution in [1.82, 2.24) is 10.6 Å². The molecule has 1 unspecified atom stereocenters. The van der Waals surface area contributed by atoms with E-state index in [0.717, 1.165) is 36.2 Å². The fraction of sp³-hybridized carbons (Fsp3) is 0.350. The van der Waals surface area contributed by atoms with Crippen LogP contribution in [0.25, 0.3) is 11.1 Å². The monoisotopic (exact) mass is 376 g/mol. The molecule has 0 aromatic heterocycles. The summed E-state index contributed by atoms with van der Waals surface area (Å²) in [6.45, 7) is 2.60. The summed E-state index contributed by atoms with van der Waals surface area (Å²) in [5.74, 6) is 0.731. The SMILES string of the molecule is O=C(CCC1CCNC1)NCc1ccccc1-c1ccc(Cl)cc1Cl. The van der Waals surface area contributed by atoms with Crippen LogP contribution < -0.4 is 10.6 Å². The maximum Gasteiger partial charge on any atom is 0.220 e. The van der Waals surface area contributed by atoms with Gasteiger partial charge in [-0.05, 0) is 55.1 Å². The van der Waals surface area contributed by atoms with Crippen LogP contribution in [-0.4, -0.2) is 19.0 Å². The van der Waals surface area contributed by atoms with Crippen LogP contribution in [0.15, 0.2) is 42.5 Å². The molecule has 0 spiro atoms. The Bertz CT molecular complexity index is 742. The van der Waals surface area contributed by atoms with Crippen molar-refractivity contribution in [3.05, 3.63) is 58.1 Å². The first kappa shape index (κ1) is 18.2. The van der Waals surface area contributed by atoms with Crippen LogP contribution in [0.1, 0.15) is 24.8 Å². The molecule has 0 bridgehead atoms. The van der Waals surface area contributed by atoms with E-state index in [1.54, 1.807) is 6.07 Å². The molecule has 1 atom stereocenters. The van der Waals surface area contributed by atoms with Crippen LogP contribution in [0, 0.1) is 5.92 Å². The van der Waals surface area contributed by atoms with Crippen molar-refractivity contribution in [2.24, 2.45) is 5.92 Å². The smallest absolute Gasteiger partial charge is 0.220 e. The Balaban J connectivity index is 1.63. The molecule has 132 valence electrons. The number of nitrogens with one attached hydrogen (secondary N) is 2. The van der Waals surface area contributed by atoms with E-state index in [4.69, 9.17) is 23.2 Å². The van der Waals surface area contributed by atoms with Crippen LogP contribution in [0.5, 0.6) is 0 Å². The highest BCUT2D eigenvalue weighted by molar-refractivity contribution is 6.36. The zero-order valence-corrected chi connectivity index (χ0v) is 15.5. The summed E-state index contributed by atoms with van der Waals surface area (Å²) in [6, 6.07) is 13.5. The Hall–Kier alpha value is -1.55. The summed E-state index contributed by atoms with van der Waals surface area (Å²) in [6.07, 6.45) is 2.70. The third-order valence-electron chi connectivity index (χ3n) is 4.66. The highest BCUT2D eigenvalue weighted by atomic mass is 35.5. The molecule has 1 aliphatic rings. The second-order valence-electron chi connectivity index (χ2n) is 6.46. The van der Waals surface area contributed by atoms with Crippen molar-refractivity contribution in [3.8, 4) is 11.1 Å². The van der Waals surface area contributed by atoms with Crippen molar-refractivity contribution in [2.45, 2.75) is 25.8 Å². The van der Waals surface area contributed by atoms with Crippen molar-refractivity contribution in [2.75, 3.05) is 13.1 Å².